The summed E-state index contributed by atoms with van der Waals surface area (Å²) in [6.07, 6.45) is 0. The molecule has 0 N–H and O–H groups in total. The zero-order chi connectivity index (χ0) is 18.8. The van der Waals surface area contributed by atoms with Gasteiger partial charge in [0.1, 0.15) is 5.75 Å². The Balaban J connectivity index is 1.69. The van der Waals surface area contributed by atoms with Gasteiger partial charge in [0.05, 0.1) is 25.0 Å². The van der Waals surface area contributed by atoms with Gasteiger partial charge in [-0.1, -0.05) is 54.2 Å². The molecule has 1 heterocycles. The van der Waals surface area contributed by atoms with E-state index in [-0.39, 0.29) is 6.03 Å². The second-order valence-corrected chi connectivity index (χ2v) is 7.41. The molecule has 3 aromatic rings. The van der Waals surface area contributed by atoms with E-state index < -0.39 is 0 Å². The first-order valence-electron chi connectivity index (χ1n) is 8.72. The third kappa shape index (κ3) is 3.26. The number of anilines is 2. The molecule has 27 heavy (non-hydrogen) atoms. The molecule has 0 saturated carbocycles. The maximum Gasteiger partial charge on any atom is 0.329 e. The van der Waals surface area contributed by atoms with E-state index in [1.165, 1.54) is 0 Å². The van der Waals surface area contributed by atoms with Gasteiger partial charge in [-0.15, -0.1) is 0 Å². The van der Waals surface area contributed by atoms with Crippen molar-refractivity contribution in [2.75, 3.05) is 19.1 Å². The molecule has 0 spiro atoms. The Hall–Kier alpha value is -2.92. The SMILES string of the molecule is COc1ccccc1CN(C)C(=O)N1c2ccccc2Sc2ccccc21. The monoisotopic (exact) mass is 376 g/mol. The van der Waals surface area contributed by atoms with Crippen molar-refractivity contribution in [3.8, 4) is 5.75 Å². The van der Waals surface area contributed by atoms with Crippen LogP contribution >= 0.6 is 11.8 Å². The maximum atomic E-state index is 13.4. The molecular formula is C22H20N2O2S. The zero-order valence-corrected chi connectivity index (χ0v) is 16.1. The fourth-order valence-corrected chi connectivity index (χ4v) is 4.30. The van der Waals surface area contributed by atoms with Gasteiger partial charge in [-0.05, 0) is 30.3 Å². The van der Waals surface area contributed by atoms with Crippen LogP contribution in [0.3, 0.4) is 0 Å². The van der Waals surface area contributed by atoms with E-state index in [2.05, 4.69) is 12.1 Å². The largest absolute Gasteiger partial charge is 0.496 e. The van der Waals surface area contributed by atoms with Crippen molar-refractivity contribution in [2.45, 2.75) is 16.3 Å². The van der Waals surface area contributed by atoms with Crippen LogP contribution in [-0.4, -0.2) is 25.1 Å². The molecular weight excluding hydrogens is 356 g/mol. The van der Waals surface area contributed by atoms with E-state index in [1.54, 1.807) is 28.7 Å². The highest BCUT2D eigenvalue weighted by Gasteiger charge is 2.30. The summed E-state index contributed by atoms with van der Waals surface area (Å²) in [6.45, 7) is 0.469. The molecule has 0 fully saturated rings. The first-order chi connectivity index (χ1) is 13.2. The van der Waals surface area contributed by atoms with E-state index in [9.17, 15) is 4.79 Å². The van der Waals surface area contributed by atoms with Gasteiger partial charge in [0.25, 0.3) is 0 Å². The molecule has 0 aliphatic carbocycles. The minimum atomic E-state index is -0.0684. The summed E-state index contributed by atoms with van der Waals surface area (Å²) < 4.78 is 5.43. The predicted molar refractivity (Wildman–Crippen MR) is 109 cm³/mol. The Labute approximate surface area is 163 Å². The van der Waals surface area contributed by atoms with Gasteiger partial charge in [-0.2, -0.15) is 0 Å². The van der Waals surface area contributed by atoms with Crippen LogP contribution < -0.4 is 9.64 Å². The number of amides is 2. The average molecular weight is 376 g/mol. The number of rotatable bonds is 3. The van der Waals surface area contributed by atoms with Crippen LogP contribution in [0, 0.1) is 0 Å². The number of benzene rings is 3. The summed E-state index contributed by atoms with van der Waals surface area (Å²) in [4.78, 5) is 19.1. The van der Waals surface area contributed by atoms with Crippen LogP contribution in [0.2, 0.25) is 0 Å². The quantitative estimate of drug-likeness (QED) is 0.601. The Morgan fingerprint density at radius 2 is 1.48 bits per heavy atom. The summed E-state index contributed by atoms with van der Waals surface area (Å²) in [7, 11) is 3.47. The van der Waals surface area contributed by atoms with Crippen molar-refractivity contribution in [1.29, 1.82) is 0 Å². The number of hydrogen-bond acceptors (Lipinski definition) is 3. The summed E-state index contributed by atoms with van der Waals surface area (Å²) in [5, 5.41) is 0. The Bertz CT molecular complexity index is 944. The second kappa shape index (κ2) is 7.37. The van der Waals surface area contributed by atoms with Gasteiger partial charge in [0.15, 0.2) is 0 Å². The summed E-state index contributed by atoms with van der Waals surface area (Å²) in [5.74, 6) is 0.784. The molecule has 5 heteroatoms. The van der Waals surface area contributed by atoms with Crippen LogP contribution in [0.4, 0.5) is 16.2 Å². The van der Waals surface area contributed by atoms with Gasteiger partial charge in [0, 0.05) is 22.4 Å². The molecule has 0 saturated heterocycles. The normalized spacial score (nSPS) is 12.1. The molecule has 0 aromatic heterocycles. The van der Waals surface area contributed by atoms with Crippen molar-refractivity contribution < 1.29 is 9.53 Å². The van der Waals surface area contributed by atoms with E-state index >= 15 is 0 Å². The van der Waals surface area contributed by atoms with Gasteiger partial charge >= 0.3 is 6.03 Å². The Morgan fingerprint density at radius 1 is 0.926 bits per heavy atom. The molecule has 4 rings (SSSR count). The predicted octanol–water partition coefficient (Wildman–Crippen LogP) is 5.55. The van der Waals surface area contributed by atoms with Crippen molar-refractivity contribution in [2.24, 2.45) is 0 Å². The number of carbonyl (C=O) groups excluding carboxylic acids is 1. The van der Waals surface area contributed by atoms with E-state index in [0.29, 0.717) is 6.54 Å². The lowest BCUT2D eigenvalue weighted by molar-refractivity contribution is 0.215. The molecule has 2 amide bonds. The summed E-state index contributed by atoms with van der Waals surface area (Å²) in [6, 6.07) is 23.7. The summed E-state index contributed by atoms with van der Waals surface area (Å²) in [5.41, 5.74) is 2.81. The van der Waals surface area contributed by atoms with Crippen molar-refractivity contribution in [3.05, 3.63) is 78.4 Å². The molecule has 0 atom stereocenters. The van der Waals surface area contributed by atoms with Gasteiger partial charge in [-0.25, -0.2) is 4.79 Å². The number of fused-ring (bicyclic) bond motifs is 2. The fourth-order valence-electron chi connectivity index (χ4n) is 3.24. The lowest BCUT2D eigenvalue weighted by Crippen LogP contribution is -2.39. The van der Waals surface area contributed by atoms with Crippen molar-refractivity contribution in [3.63, 3.8) is 0 Å². The summed E-state index contributed by atoms with van der Waals surface area (Å²) >= 11 is 1.69. The van der Waals surface area contributed by atoms with Crippen molar-refractivity contribution >= 4 is 29.2 Å². The number of ether oxygens (including phenoxy) is 1. The lowest BCUT2D eigenvalue weighted by atomic mass is 10.2. The second-order valence-electron chi connectivity index (χ2n) is 6.32. The molecule has 1 aliphatic rings. The topological polar surface area (TPSA) is 32.8 Å². The average Bonchev–Trinajstić information content (AvgIpc) is 2.71. The molecule has 1 aliphatic heterocycles. The molecule has 0 radical (unpaired) electrons. The molecule has 3 aromatic carbocycles. The van der Waals surface area contributed by atoms with Gasteiger partial charge in [0.2, 0.25) is 0 Å². The van der Waals surface area contributed by atoms with E-state index in [4.69, 9.17) is 4.74 Å². The van der Waals surface area contributed by atoms with Gasteiger partial charge < -0.3 is 9.64 Å². The number of carbonyl (C=O) groups is 1. The number of hydrogen-bond donors (Lipinski definition) is 0. The third-order valence-corrected chi connectivity index (χ3v) is 5.68. The standard InChI is InChI=1S/C22H20N2O2S/c1-23(15-16-9-3-6-12-19(16)26-2)22(25)24-17-10-4-7-13-20(17)27-21-14-8-5-11-18(21)24/h3-14H,15H2,1-2H3. The smallest absolute Gasteiger partial charge is 0.329 e. The van der Waals surface area contributed by atoms with Crippen molar-refractivity contribution in [1.82, 2.24) is 4.90 Å². The van der Waals surface area contributed by atoms with Crippen LogP contribution in [0.1, 0.15) is 5.56 Å². The highest BCUT2D eigenvalue weighted by atomic mass is 32.2. The minimum absolute atomic E-state index is 0.0684. The number of urea groups is 1. The number of para-hydroxylation sites is 3. The third-order valence-electron chi connectivity index (χ3n) is 4.55. The Morgan fingerprint density at radius 3 is 2.11 bits per heavy atom. The number of nitrogens with zero attached hydrogens (tertiary/aromatic N) is 2. The molecule has 4 nitrogen and oxygen atoms in total. The molecule has 0 unspecified atom stereocenters. The first kappa shape index (κ1) is 17.5. The van der Waals surface area contributed by atoms with Gasteiger partial charge in [-0.3, -0.25) is 4.90 Å². The van der Waals surface area contributed by atoms with Crippen LogP contribution in [-0.2, 0) is 6.54 Å². The van der Waals surface area contributed by atoms with Crippen LogP contribution in [0.5, 0.6) is 5.75 Å². The molecule has 136 valence electrons. The highest BCUT2D eigenvalue weighted by molar-refractivity contribution is 7.99. The Kier molecular flexibility index (Phi) is 4.77. The first-order valence-corrected chi connectivity index (χ1v) is 9.53. The highest BCUT2D eigenvalue weighted by Crippen LogP contribution is 2.48. The fraction of sp³-hybridized carbons (Fsp3) is 0.136. The number of methoxy groups -OCH3 is 1. The maximum absolute atomic E-state index is 13.4. The minimum Gasteiger partial charge on any atom is -0.496 e. The lowest BCUT2D eigenvalue weighted by Gasteiger charge is -2.34. The van der Waals surface area contributed by atoms with E-state index in [1.807, 2.05) is 67.7 Å². The molecule has 0 bridgehead atoms. The zero-order valence-electron chi connectivity index (χ0n) is 15.3. The van der Waals surface area contributed by atoms with Crippen LogP contribution in [0.15, 0.2) is 82.6 Å². The van der Waals surface area contributed by atoms with E-state index in [0.717, 1.165) is 32.5 Å². The van der Waals surface area contributed by atoms with Crippen LogP contribution in [0.25, 0.3) is 0 Å².